The number of rotatable bonds is 5. The lowest BCUT2D eigenvalue weighted by molar-refractivity contribution is -0.117. The van der Waals surface area contributed by atoms with E-state index in [0.29, 0.717) is 29.5 Å². The van der Waals surface area contributed by atoms with Gasteiger partial charge in [0.2, 0.25) is 5.91 Å². The van der Waals surface area contributed by atoms with E-state index in [2.05, 4.69) is 5.32 Å². The first-order valence-electron chi connectivity index (χ1n) is 6.61. The molecular weight excluding hydrogens is 286 g/mol. The van der Waals surface area contributed by atoms with Crippen molar-refractivity contribution in [2.75, 3.05) is 24.6 Å². The lowest BCUT2D eigenvalue weighted by Crippen LogP contribution is -2.29. The van der Waals surface area contributed by atoms with E-state index in [0.717, 1.165) is 5.56 Å². The molecule has 0 bridgehead atoms. The van der Waals surface area contributed by atoms with Gasteiger partial charge < -0.3 is 11.1 Å². The molecule has 0 aliphatic heterocycles. The number of benzene rings is 2. The molecule has 2 aromatic carbocycles. The first-order chi connectivity index (χ1) is 10.0. The highest BCUT2D eigenvalue weighted by Crippen LogP contribution is 2.13. The molecule has 0 fully saturated rings. The van der Waals surface area contributed by atoms with Crippen LogP contribution in [0.25, 0.3) is 0 Å². The molecule has 0 heterocycles. The van der Waals surface area contributed by atoms with E-state index in [-0.39, 0.29) is 5.91 Å². The van der Waals surface area contributed by atoms with E-state index in [1.54, 1.807) is 18.2 Å². The molecule has 0 aliphatic carbocycles. The normalized spacial score (nSPS) is 10.6. The number of anilines is 2. The van der Waals surface area contributed by atoms with Gasteiger partial charge in [-0.1, -0.05) is 29.8 Å². The second-order valence-electron chi connectivity index (χ2n) is 4.98. The Balaban J connectivity index is 1.87. The fourth-order valence-electron chi connectivity index (χ4n) is 2.06. The second-order valence-corrected chi connectivity index (χ2v) is 5.41. The molecule has 1 amide bonds. The number of halogens is 1. The molecule has 21 heavy (non-hydrogen) atoms. The summed E-state index contributed by atoms with van der Waals surface area (Å²) in [5.74, 6) is -0.0786. The van der Waals surface area contributed by atoms with Crippen molar-refractivity contribution in [3.63, 3.8) is 0 Å². The monoisotopic (exact) mass is 303 g/mol. The number of hydrogen-bond donors (Lipinski definition) is 2. The number of carbonyl (C=O) groups excluding carboxylic acids is 1. The lowest BCUT2D eigenvalue weighted by atomic mass is 10.2. The van der Waals surface area contributed by atoms with Crippen molar-refractivity contribution in [1.29, 1.82) is 0 Å². The van der Waals surface area contributed by atoms with Crippen LogP contribution in [-0.2, 0) is 11.3 Å². The summed E-state index contributed by atoms with van der Waals surface area (Å²) in [5, 5.41) is 3.52. The SMILES string of the molecule is CN(CC(=O)Nc1cccc(N)c1)Cc1cccc(Cl)c1. The predicted octanol–water partition coefficient (Wildman–Crippen LogP) is 2.99. The van der Waals surface area contributed by atoms with E-state index in [9.17, 15) is 4.79 Å². The van der Waals surface area contributed by atoms with Crippen molar-refractivity contribution in [3.8, 4) is 0 Å². The van der Waals surface area contributed by atoms with E-state index >= 15 is 0 Å². The molecule has 3 N–H and O–H groups in total. The average molecular weight is 304 g/mol. The summed E-state index contributed by atoms with van der Waals surface area (Å²) in [4.78, 5) is 13.9. The Bertz CT molecular complexity index is 630. The lowest BCUT2D eigenvalue weighted by Gasteiger charge is -2.16. The third-order valence-corrected chi connectivity index (χ3v) is 3.16. The highest BCUT2D eigenvalue weighted by molar-refractivity contribution is 6.30. The molecule has 110 valence electrons. The van der Waals surface area contributed by atoms with Crippen molar-refractivity contribution >= 4 is 28.9 Å². The van der Waals surface area contributed by atoms with Crippen LogP contribution in [0.4, 0.5) is 11.4 Å². The zero-order chi connectivity index (χ0) is 15.2. The summed E-state index contributed by atoms with van der Waals surface area (Å²) in [5.41, 5.74) is 8.08. The van der Waals surface area contributed by atoms with E-state index < -0.39 is 0 Å². The highest BCUT2D eigenvalue weighted by Gasteiger charge is 2.08. The summed E-state index contributed by atoms with van der Waals surface area (Å²) in [6.07, 6.45) is 0. The fraction of sp³-hybridized carbons (Fsp3) is 0.188. The third-order valence-electron chi connectivity index (χ3n) is 2.93. The van der Waals surface area contributed by atoms with Crippen LogP contribution in [0.2, 0.25) is 5.02 Å². The van der Waals surface area contributed by atoms with Crippen molar-refractivity contribution < 1.29 is 4.79 Å². The summed E-state index contributed by atoms with van der Waals surface area (Å²) in [6, 6.07) is 14.7. The molecule has 0 aromatic heterocycles. The fourth-order valence-corrected chi connectivity index (χ4v) is 2.28. The van der Waals surface area contributed by atoms with Crippen LogP contribution in [-0.4, -0.2) is 24.4 Å². The molecule has 0 unspecified atom stereocenters. The largest absolute Gasteiger partial charge is 0.399 e. The quantitative estimate of drug-likeness (QED) is 0.835. The van der Waals surface area contributed by atoms with Crippen LogP contribution in [0.5, 0.6) is 0 Å². The van der Waals surface area contributed by atoms with Crippen molar-refractivity contribution in [3.05, 3.63) is 59.1 Å². The predicted molar refractivity (Wildman–Crippen MR) is 87.3 cm³/mol. The van der Waals surface area contributed by atoms with Gasteiger partial charge in [0.1, 0.15) is 0 Å². The maximum atomic E-state index is 12.0. The summed E-state index contributed by atoms with van der Waals surface area (Å²) < 4.78 is 0. The minimum absolute atomic E-state index is 0.0786. The van der Waals surface area contributed by atoms with E-state index in [1.807, 2.05) is 42.3 Å². The van der Waals surface area contributed by atoms with Crippen LogP contribution in [0.3, 0.4) is 0 Å². The van der Waals surface area contributed by atoms with Crippen LogP contribution in [0.15, 0.2) is 48.5 Å². The number of hydrogen-bond acceptors (Lipinski definition) is 3. The van der Waals surface area contributed by atoms with Crippen LogP contribution >= 0.6 is 11.6 Å². The number of nitrogens with two attached hydrogens (primary N) is 1. The number of nitrogens with one attached hydrogen (secondary N) is 1. The van der Waals surface area contributed by atoms with Gasteiger partial charge in [-0.05, 0) is 42.9 Å². The van der Waals surface area contributed by atoms with Gasteiger partial charge in [-0.25, -0.2) is 0 Å². The van der Waals surface area contributed by atoms with Crippen LogP contribution in [0, 0.1) is 0 Å². The Kier molecular flexibility index (Phi) is 5.20. The number of carbonyl (C=O) groups is 1. The topological polar surface area (TPSA) is 58.4 Å². The number of nitrogens with zero attached hydrogens (tertiary/aromatic N) is 1. The molecule has 0 spiro atoms. The Morgan fingerprint density at radius 3 is 2.71 bits per heavy atom. The van der Waals surface area contributed by atoms with Crippen LogP contribution in [0.1, 0.15) is 5.56 Å². The average Bonchev–Trinajstić information content (AvgIpc) is 2.38. The van der Waals surface area contributed by atoms with Gasteiger partial charge in [0.15, 0.2) is 0 Å². The van der Waals surface area contributed by atoms with Gasteiger partial charge in [-0.3, -0.25) is 9.69 Å². The molecule has 4 nitrogen and oxygen atoms in total. The van der Waals surface area contributed by atoms with Gasteiger partial charge in [-0.15, -0.1) is 0 Å². The minimum Gasteiger partial charge on any atom is -0.399 e. The van der Waals surface area contributed by atoms with Crippen LogP contribution < -0.4 is 11.1 Å². The molecule has 0 saturated carbocycles. The van der Waals surface area contributed by atoms with Gasteiger partial charge >= 0.3 is 0 Å². The van der Waals surface area contributed by atoms with Gasteiger partial charge in [0.25, 0.3) is 0 Å². The molecule has 0 saturated heterocycles. The molecule has 5 heteroatoms. The number of nitrogen functional groups attached to an aromatic ring is 1. The molecule has 2 rings (SSSR count). The molecular formula is C16H18ClN3O. The zero-order valence-corrected chi connectivity index (χ0v) is 12.6. The standard InChI is InChI=1S/C16H18ClN3O/c1-20(10-12-4-2-5-13(17)8-12)11-16(21)19-15-7-3-6-14(18)9-15/h2-9H,10-11,18H2,1H3,(H,19,21). The van der Waals surface area contributed by atoms with E-state index in [4.69, 9.17) is 17.3 Å². The molecule has 0 aliphatic rings. The van der Waals surface area contributed by atoms with Crippen molar-refractivity contribution in [2.45, 2.75) is 6.54 Å². The highest BCUT2D eigenvalue weighted by atomic mass is 35.5. The smallest absolute Gasteiger partial charge is 0.238 e. The Labute approximate surface area is 129 Å². The molecule has 2 aromatic rings. The van der Waals surface area contributed by atoms with Gasteiger partial charge in [0.05, 0.1) is 6.54 Å². The summed E-state index contributed by atoms with van der Waals surface area (Å²) in [6.45, 7) is 0.951. The Morgan fingerprint density at radius 1 is 1.24 bits per heavy atom. The number of amides is 1. The van der Waals surface area contributed by atoms with Gasteiger partial charge in [0, 0.05) is 22.9 Å². The summed E-state index contributed by atoms with van der Waals surface area (Å²) in [7, 11) is 1.89. The first kappa shape index (κ1) is 15.4. The third kappa shape index (κ3) is 5.10. The molecule has 0 atom stereocenters. The number of likely N-dealkylation sites (N-methyl/N-ethyl adjacent to an activating group) is 1. The minimum atomic E-state index is -0.0786. The first-order valence-corrected chi connectivity index (χ1v) is 6.99. The summed E-state index contributed by atoms with van der Waals surface area (Å²) >= 11 is 5.95. The van der Waals surface area contributed by atoms with Crippen molar-refractivity contribution in [1.82, 2.24) is 4.90 Å². The van der Waals surface area contributed by atoms with Crippen molar-refractivity contribution in [2.24, 2.45) is 0 Å². The van der Waals surface area contributed by atoms with Gasteiger partial charge in [-0.2, -0.15) is 0 Å². The molecule has 0 radical (unpaired) electrons. The maximum Gasteiger partial charge on any atom is 0.238 e. The Morgan fingerprint density at radius 2 is 2.00 bits per heavy atom. The Hall–Kier alpha value is -2.04. The second kappa shape index (κ2) is 7.11. The zero-order valence-electron chi connectivity index (χ0n) is 11.8. The van der Waals surface area contributed by atoms with E-state index in [1.165, 1.54) is 0 Å². The maximum absolute atomic E-state index is 12.0.